The lowest BCUT2D eigenvalue weighted by molar-refractivity contribution is 0.475. The maximum Gasteiger partial charge on any atom is 0.194 e. The van der Waals surface area contributed by atoms with Gasteiger partial charge in [0.2, 0.25) is 0 Å². The molecule has 0 saturated heterocycles. The van der Waals surface area contributed by atoms with Crippen LogP contribution in [0.4, 0.5) is 0 Å². The molecule has 0 amide bonds. The number of aryl methyl sites for hydroxylation is 1. The summed E-state index contributed by atoms with van der Waals surface area (Å²) in [5.41, 5.74) is 0.984. The highest BCUT2D eigenvalue weighted by molar-refractivity contribution is 9.10. The van der Waals surface area contributed by atoms with Gasteiger partial charge >= 0.3 is 0 Å². The molecule has 0 atom stereocenters. The molecule has 0 aliphatic rings. The van der Waals surface area contributed by atoms with Crippen LogP contribution in [0.15, 0.2) is 28.7 Å². The zero-order valence-corrected chi connectivity index (χ0v) is 11.8. The van der Waals surface area contributed by atoms with Crippen LogP contribution in [0.5, 0.6) is 11.5 Å². The van der Waals surface area contributed by atoms with Crippen molar-refractivity contribution in [2.75, 3.05) is 0 Å². The van der Waals surface area contributed by atoms with Gasteiger partial charge in [0.05, 0.1) is 0 Å². The first-order valence-corrected chi connectivity index (χ1v) is 6.24. The first kappa shape index (κ1) is 12.6. The highest BCUT2D eigenvalue weighted by Gasteiger charge is 2.08. The van der Waals surface area contributed by atoms with Gasteiger partial charge in [-0.3, -0.25) is 0 Å². The lowest BCUT2D eigenvalue weighted by Gasteiger charge is -2.09. The van der Waals surface area contributed by atoms with E-state index in [-0.39, 0.29) is 10.3 Å². The van der Waals surface area contributed by atoms with Crippen LogP contribution in [0.1, 0.15) is 5.56 Å². The van der Waals surface area contributed by atoms with E-state index in [1.165, 1.54) is 6.07 Å². The summed E-state index contributed by atoms with van der Waals surface area (Å²) in [6, 6.07) is 7.24. The van der Waals surface area contributed by atoms with Gasteiger partial charge in [-0.15, -0.1) is 10.2 Å². The molecule has 3 nitrogen and oxygen atoms in total. The second-order valence-electron chi connectivity index (χ2n) is 3.33. The largest absolute Gasteiger partial charge is 0.454 e. The second-order valence-corrected chi connectivity index (χ2v) is 4.99. The molecule has 1 aromatic heterocycles. The number of aromatic nitrogens is 2. The van der Waals surface area contributed by atoms with Gasteiger partial charge in [-0.1, -0.05) is 45.2 Å². The molecule has 1 heterocycles. The van der Waals surface area contributed by atoms with E-state index in [4.69, 9.17) is 27.9 Å². The van der Waals surface area contributed by atoms with E-state index in [0.717, 1.165) is 10.0 Å². The minimum Gasteiger partial charge on any atom is -0.454 e. The average Bonchev–Trinajstić information content (AvgIpc) is 2.28. The molecular weight excluding hydrogens is 327 g/mol. The molecule has 17 heavy (non-hydrogen) atoms. The van der Waals surface area contributed by atoms with Crippen molar-refractivity contribution < 1.29 is 4.74 Å². The van der Waals surface area contributed by atoms with Crippen molar-refractivity contribution >= 4 is 39.1 Å². The summed E-state index contributed by atoms with van der Waals surface area (Å²) >= 11 is 15.0. The second kappa shape index (κ2) is 5.21. The molecule has 0 unspecified atom stereocenters. The molecule has 0 radical (unpaired) electrons. The topological polar surface area (TPSA) is 35.0 Å². The van der Waals surface area contributed by atoms with Crippen LogP contribution in [0, 0.1) is 6.92 Å². The Labute approximate surface area is 117 Å². The summed E-state index contributed by atoms with van der Waals surface area (Å²) in [6.45, 7) is 1.94. The first-order valence-electron chi connectivity index (χ1n) is 4.69. The number of hydrogen-bond donors (Lipinski definition) is 0. The average molecular weight is 334 g/mol. The molecule has 0 spiro atoms. The number of rotatable bonds is 2. The van der Waals surface area contributed by atoms with Crippen molar-refractivity contribution in [1.29, 1.82) is 0 Å². The Balaban J connectivity index is 2.37. The number of hydrogen-bond acceptors (Lipinski definition) is 3. The number of benzene rings is 1. The maximum absolute atomic E-state index is 5.87. The molecule has 1 aromatic carbocycles. The summed E-state index contributed by atoms with van der Waals surface area (Å²) < 4.78 is 6.57. The van der Waals surface area contributed by atoms with E-state index in [2.05, 4.69) is 26.1 Å². The third kappa shape index (κ3) is 3.09. The normalized spacial score (nSPS) is 10.4. The summed E-state index contributed by atoms with van der Waals surface area (Å²) in [4.78, 5) is 0. The van der Waals surface area contributed by atoms with E-state index >= 15 is 0 Å². The number of ether oxygens (including phenoxy) is 1. The van der Waals surface area contributed by atoms with Crippen LogP contribution in [0.3, 0.4) is 0 Å². The number of nitrogens with zero attached hydrogens (tertiary/aromatic N) is 2. The summed E-state index contributed by atoms with van der Waals surface area (Å²) in [7, 11) is 0. The zero-order chi connectivity index (χ0) is 12.4. The SMILES string of the molecule is Cc1ccc(Br)cc1Oc1cc(Cl)nnc1Cl. The lowest BCUT2D eigenvalue weighted by Crippen LogP contribution is -1.92. The van der Waals surface area contributed by atoms with Gasteiger partial charge in [0.25, 0.3) is 0 Å². The standard InChI is InChI=1S/C11H7BrCl2N2O/c1-6-2-3-7(12)4-8(6)17-9-5-10(13)15-16-11(9)14/h2-5H,1H3. The van der Waals surface area contributed by atoms with Gasteiger partial charge in [0.1, 0.15) is 5.75 Å². The van der Waals surface area contributed by atoms with Crippen molar-refractivity contribution in [3.63, 3.8) is 0 Å². The smallest absolute Gasteiger partial charge is 0.194 e. The Kier molecular flexibility index (Phi) is 3.86. The minimum atomic E-state index is 0.175. The van der Waals surface area contributed by atoms with Crippen molar-refractivity contribution in [3.8, 4) is 11.5 Å². The predicted molar refractivity (Wildman–Crippen MR) is 71.0 cm³/mol. The molecule has 0 aliphatic heterocycles. The van der Waals surface area contributed by atoms with Crippen LogP contribution < -0.4 is 4.74 Å². The van der Waals surface area contributed by atoms with Crippen LogP contribution in [0.25, 0.3) is 0 Å². The summed E-state index contributed by atoms with van der Waals surface area (Å²) in [5, 5.41) is 7.70. The van der Waals surface area contributed by atoms with E-state index in [1.54, 1.807) is 0 Å². The van der Waals surface area contributed by atoms with Crippen molar-refractivity contribution in [2.24, 2.45) is 0 Å². The van der Waals surface area contributed by atoms with Crippen molar-refractivity contribution in [1.82, 2.24) is 10.2 Å². The fourth-order valence-corrected chi connectivity index (χ4v) is 1.82. The summed E-state index contributed by atoms with van der Waals surface area (Å²) in [5.74, 6) is 1.07. The molecule has 0 bridgehead atoms. The van der Waals surface area contributed by atoms with Crippen LogP contribution in [-0.4, -0.2) is 10.2 Å². The quantitative estimate of drug-likeness (QED) is 0.802. The highest BCUT2D eigenvalue weighted by Crippen LogP contribution is 2.32. The lowest BCUT2D eigenvalue weighted by atomic mass is 10.2. The molecule has 0 aliphatic carbocycles. The van der Waals surface area contributed by atoms with Gasteiger partial charge < -0.3 is 4.74 Å². The predicted octanol–water partition coefficient (Wildman–Crippen LogP) is 4.65. The van der Waals surface area contributed by atoms with E-state index < -0.39 is 0 Å². The van der Waals surface area contributed by atoms with Gasteiger partial charge in [-0.25, -0.2) is 0 Å². The first-order chi connectivity index (χ1) is 8.06. The maximum atomic E-state index is 5.87. The highest BCUT2D eigenvalue weighted by atomic mass is 79.9. The Hall–Kier alpha value is -0.840. The van der Waals surface area contributed by atoms with Gasteiger partial charge in [-0.05, 0) is 24.6 Å². The summed E-state index contributed by atoms with van der Waals surface area (Å²) in [6.07, 6.45) is 0. The van der Waals surface area contributed by atoms with Crippen LogP contribution in [-0.2, 0) is 0 Å². The number of halogens is 3. The fourth-order valence-electron chi connectivity index (χ4n) is 1.21. The Bertz CT molecular complexity index is 514. The third-order valence-corrected chi connectivity index (χ3v) is 3.00. The molecule has 0 fully saturated rings. The molecule has 88 valence electrons. The van der Waals surface area contributed by atoms with Crippen LogP contribution in [0.2, 0.25) is 10.3 Å². The van der Waals surface area contributed by atoms with E-state index in [0.29, 0.717) is 11.5 Å². The molecular formula is C11H7BrCl2N2O. The molecule has 6 heteroatoms. The van der Waals surface area contributed by atoms with Gasteiger partial charge in [0.15, 0.2) is 16.1 Å². The Morgan fingerprint density at radius 2 is 1.88 bits per heavy atom. The molecule has 0 saturated carbocycles. The van der Waals surface area contributed by atoms with Gasteiger partial charge in [0, 0.05) is 10.5 Å². The molecule has 2 rings (SSSR count). The van der Waals surface area contributed by atoms with E-state index in [9.17, 15) is 0 Å². The fraction of sp³-hybridized carbons (Fsp3) is 0.0909. The molecule has 2 aromatic rings. The van der Waals surface area contributed by atoms with Gasteiger partial charge in [-0.2, -0.15) is 0 Å². The Morgan fingerprint density at radius 3 is 2.65 bits per heavy atom. The molecule has 0 N–H and O–H groups in total. The minimum absolute atomic E-state index is 0.175. The van der Waals surface area contributed by atoms with Crippen molar-refractivity contribution in [3.05, 3.63) is 44.6 Å². The zero-order valence-electron chi connectivity index (χ0n) is 8.75. The Morgan fingerprint density at radius 1 is 1.12 bits per heavy atom. The van der Waals surface area contributed by atoms with Crippen molar-refractivity contribution in [2.45, 2.75) is 6.92 Å². The van der Waals surface area contributed by atoms with E-state index in [1.807, 2.05) is 25.1 Å². The van der Waals surface area contributed by atoms with Crippen LogP contribution >= 0.6 is 39.1 Å². The monoisotopic (exact) mass is 332 g/mol. The third-order valence-electron chi connectivity index (χ3n) is 2.06.